The largest absolute Gasteiger partial charge is 0.397 e. The second-order valence-electron chi connectivity index (χ2n) is 2.89. The lowest BCUT2D eigenvalue weighted by Gasteiger charge is -2.06. The average molecular weight is 174 g/mol. The van der Waals surface area contributed by atoms with E-state index in [1.165, 1.54) is 6.92 Å². The summed E-state index contributed by atoms with van der Waals surface area (Å²) in [5, 5.41) is 8.67. The molecular formula is C10H10N2O. The van der Waals surface area contributed by atoms with Crippen molar-refractivity contribution in [2.45, 2.75) is 13.8 Å². The molecule has 0 spiro atoms. The third kappa shape index (κ3) is 1.52. The standard InChI is InChI=1S/C10H10N2O/c1-6-3-4-8(5-11)10(12)9(6)7(2)13/h3-4H,12H2,1-2H3. The molecule has 0 aliphatic heterocycles. The van der Waals surface area contributed by atoms with Crippen molar-refractivity contribution in [1.29, 1.82) is 5.26 Å². The van der Waals surface area contributed by atoms with E-state index in [0.29, 0.717) is 11.1 Å². The van der Waals surface area contributed by atoms with E-state index in [1.807, 2.05) is 6.07 Å². The topological polar surface area (TPSA) is 66.9 Å². The van der Waals surface area contributed by atoms with Crippen LogP contribution < -0.4 is 5.73 Å². The summed E-state index contributed by atoms with van der Waals surface area (Å²) in [6.07, 6.45) is 0. The second-order valence-corrected chi connectivity index (χ2v) is 2.89. The predicted octanol–water partition coefficient (Wildman–Crippen LogP) is 1.65. The molecule has 13 heavy (non-hydrogen) atoms. The number of nitriles is 1. The quantitative estimate of drug-likeness (QED) is 0.520. The Morgan fingerprint density at radius 2 is 2.15 bits per heavy atom. The van der Waals surface area contributed by atoms with Gasteiger partial charge in [-0.3, -0.25) is 4.79 Å². The highest BCUT2D eigenvalue weighted by atomic mass is 16.1. The first-order chi connectivity index (χ1) is 6.07. The molecule has 3 heteroatoms. The normalized spacial score (nSPS) is 9.31. The summed E-state index contributed by atoms with van der Waals surface area (Å²) >= 11 is 0. The number of carbonyl (C=O) groups is 1. The molecule has 0 radical (unpaired) electrons. The molecule has 0 aliphatic rings. The van der Waals surface area contributed by atoms with Crippen molar-refractivity contribution in [3.8, 4) is 6.07 Å². The highest BCUT2D eigenvalue weighted by Crippen LogP contribution is 2.21. The van der Waals surface area contributed by atoms with Gasteiger partial charge in [-0.25, -0.2) is 0 Å². The summed E-state index contributed by atoms with van der Waals surface area (Å²) < 4.78 is 0. The van der Waals surface area contributed by atoms with Gasteiger partial charge < -0.3 is 5.73 Å². The molecule has 0 fully saturated rings. The number of Topliss-reactive ketones (excluding diaryl/α,β-unsaturated/α-hetero) is 1. The fourth-order valence-electron chi connectivity index (χ4n) is 1.29. The minimum absolute atomic E-state index is 0.105. The number of aryl methyl sites for hydroxylation is 1. The summed E-state index contributed by atoms with van der Waals surface area (Å²) in [6, 6.07) is 5.29. The molecule has 66 valence electrons. The van der Waals surface area contributed by atoms with Crippen molar-refractivity contribution in [3.63, 3.8) is 0 Å². The molecule has 3 nitrogen and oxygen atoms in total. The maximum absolute atomic E-state index is 11.2. The van der Waals surface area contributed by atoms with Crippen molar-refractivity contribution in [2.24, 2.45) is 0 Å². The summed E-state index contributed by atoms with van der Waals surface area (Å²) in [4.78, 5) is 11.2. The van der Waals surface area contributed by atoms with Crippen molar-refractivity contribution >= 4 is 11.5 Å². The Bertz CT molecular complexity index is 402. The molecule has 0 saturated carbocycles. The zero-order valence-corrected chi connectivity index (χ0v) is 7.59. The van der Waals surface area contributed by atoms with Crippen LogP contribution in [0.1, 0.15) is 28.4 Å². The number of nitrogens with zero attached hydrogens (tertiary/aromatic N) is 1. The van der Waals surface area contributed by atoms with Gasteiger partial charge in [-0.2, -0.15) is 5.26 Å². The molecule has 1 aromatic rings. The molecule has 0 heterocycles. The van der Waals surface area contributed by atoms with Gasteiger partial charge in [0, 0.05) is 5.56 Å². The molecule has 2 N–H and O–H groups in total. The van der Waals surface area contributed by atoms with Gasteiger partial charge in [0.15, 0.2) is 5.78 Å². The van der Waals surface area contributed by atoms with Crippen LogP contribution in [0.15, 0.2) is 12.1 Å². The average Bonchev–Trinajstić information content (AvgIpc) is 2.04. The number of benzene rings is 1. The number of carbonyl (C=O) groups excluding carboxylic acids is 1. The zero-order chi connectivity index (χ0) is 10.0. The van der Waals surface area contributed by atoms with Crippen LogP contribution in [0, 0.1) is 18.3 Å². The van der Waals surface area contributed by atoms with Gasteiger partial charge in [0.2, 0.25) is 0 Å². The van der Waals surface area contributed by atoms with E-state index in [0.717, 1.165) is 5.56 Å². The van der Waals surface area contributed by atoms with Gasteiger partial charge in [-0.05, 0) is 25.5 Å². The number of hydrogen-bond donors (Lipinski definition) is 1. The lowest BCUT2D eigenvalue weighted by Crippen LogP contribution is -2.04. The highest BCUT2D eigenvalue weighted by molar-refractivity contribution is 6.01. The molecule has 0 bridgehead atoms. The molecule has 1 aromatic carbocycles. The minimum atomic E-state index is -0.105. The Morgan fingerprint density at radius 1 is 1.54 bits per heavy atom. The Balaban J connectivity index is 3.50. The van der Waals surface area contributed by atoms with E-state index >= 15 is 0 Å². The van der Waals surface area contributed by atoms with Gasteiger partial charge >= 0.3 is 0 Å². The third-order valence-electron chi connectivity index (χ3n) is 1.93. The molecule has 0 amide bonds. The second kappa shape index (κ2) is 3.28. The lowest BCUT2D eigenvalue weighted by molar-refractivity contribution is 0.101. The molecule has 0 aromatic heterocycles. The van der Waals surface area contributed by atoms with Gasteiger partial charge in [0.05, 0.1) is 11.3 Å². The fraction of sp³-hybridized carbons (Fsp3) is 0.200. The van der Waals surface area contributed by atoms with E-state index < -0.39 is 0 Å². The van der Waals surface area contributed by atoms with E-state index in [2.05, 4.69) is 0 Å². The van der Waals surface area contributed by atoms with Gasteiger partial charge in [0.25, 0.3) is 0 Å². The van der Waals surface area contributed by atoms with Crippen LogP contribution in [-0.2, 0) is 0 Å². The van der Waals surface area contributed by atoms with Crippen LogP contribution in [0.2, 0.25) is 0 Å². The highest BCUT2D eigenvalue weighted by Gasteiger charge is 2.11. The predicted molar refractivity (Wildman–Crippen MR) is 50.3 cm³/mol. The van der Waals surface area contributed by atoms with Crippen LogP contribution in [0.5, 0.6) is 0 Å². The summed E-state index contributed by atoms with van der Waals surface area (Å²) in [5.41, 5.74) is 7.56. The van der Waals surface area contributed by atoms with Crippen LogP contribution in [0.3, 0.4) is 0 Å². The Kier molecular flexibility index (Phi) is 2.34. The monoisotopic (exact) mass is 174 g/mol. The number of rotatable bonds is 1. The molecule has 1 rings (SSSR count). The number of hydrogen-bond acceptors (Lipinski definition) is 3. The minimum Gasteiger partial charge on any atom is -0.397 e. The van der Waals surface area contributed by atoms with E-state index in [1.54, 1.807) is 19.1 Å². The summed E-state index contributed by atoms with van der Waals surface area (Å²) in [5.74, 6) is -0.105. The molecule has 0 atom stereocenters. The fourth-order valence-corrected chi connectivity index (χ4v) is 1.29. The van der Waals surface area contributed by atoms with Gasteiger partial charge in [0.1, 0.15) is 6.07 Å². The first kappa shape index (κ1) is 9.27. The van der Waals surface area contributed by atoms with Crippen molar-refractivity contribution in [1.82, 2.24) is 0 Å². The van der Waals surface area contributed by atoms with E-state index in [-0.39, 0.29) is 11.5 Å². The molecule has 0 aliphatic carbocycles. The molecular weight excluding hydrogens is 164 g/mol. The van der Waals surface area contributed by atoms with Gasteiger partial charge in [-0.15, -0.1) is 0 Å². The molecule has 0 unspecified atom stereocenters. The van der Waals surface area contributed by atoms with Crippen LogP contribution >= 0.6 is 0 Å². The van der Waals surface area contributed by atoms with Gasteiger partial charge in [-0.1, -0.05) is 6.07 Å². The lowest BCUT2D eigenvalue weighted by atomic mass is 10.00. The van der Waals surface area contributed by atoms with Crippen LogP contribution in [-0.4, -0.2) is 5.78 Å². The first-order valence-electron chi connectivity index (χ1n) is 3.88. The van der Waals surface area contributed by atoms with Crippen LogP contribution in [0.25, 0.3) is 0 Å². The van der Waals surface area contributed by atoms with Crippen LogP contribution in [0.4, 0.5) is 5.69 Å². The number of nitrogens with two attached hydrogens (primary N) is 1. The smallest absolute Gasteiger partial charge is 0.162 e. The maximum Gasteiger partial charge on any atom is 0.162 e. The maximum atomic E-state index is 11.2. The molecule has 0 saturated heterocycles. The number of nitrogen functional groups attached to an aromatic ring is 1. The Labute approximate surface area is 76.8 Å². The Morgan fingerprint density at radius 3 is 2.62 bits per heavy atom. The summed E-state index contributed by atoms with van der Waals surface area (Å²) in [6.45, 7) is 3.24. The van der Waals surface area contributed by atoms with Crippen molar-refractivity contribution in [3.05, 3.63) is 28.8 Å². The van der Waals surface area contributed by atoms with E-state index in [4.69, 9.17) is 11.0 Å². The Hall–Kier alpha value is -1.82. The summed E-state index contributed by atoms with van der Waals surface area (Å²) in [7, 11) is 0. The van der Waals surface area contributed by atoms with Crippen molar-refractivity contribution < 1.29 is 4.79 Å². The first-order valence-corrected chi connectivity index (χ1v) is 3.88. The SMILES string of the molecule is CC(=O)c1c(C)ccc(C#N)c1N. The zero-order valence-electron chi connectivity index (χ0n) is 7.59. The third-order valence-corrected chi connectivity index (χ3v) is 1.93. The van der Waals surface area contributed by atoms with Crippen molar-refractivity contribution in [2.75, 3.05) is 5.73 Å². The number of anilines is 1. The van der Waals surface area contributed by atoms with E-state index in [9.17, 15) is 4.79 Å². The number of ketones is 1.